The first-order chi connectivity index (χ1) is 19.4. The van der Waals surface area contributed by atoms with Crippen LogP contribution in [-0.4, -0.2) is 33.3 Å². The maximum Gasteiger partial charge on any atom is 0.264 e. The van der Waals surface area contributed by atoms with E-state index < -0.39 is 15.9 Å². The number of nitrogens with zero attached hydrogens (tertiary/aromatic N) is 1. The van der Waals surface area contributed by atoms with Crippen LogP contribution in [0.15, 0.2) is 95.9 Å². The van der Waals surface area contributed by atoms with Crippen LogP contribution >= 0.6 is 0 Å². The van der Waals surface area contributed by atoms with Gasteiger partial charge in [-0.2, -0.15) is 0 Å². The second-order valence-corrected chi connectivity index (χ2v) is 13.2. The van der Waals surface area contributed by atoms with Crippen molar-refractivity contribution in [3.05, 3.63) is 113 Å². The standard InChI is InChI=1S/C35H40N2O3S/c1-24(2)32-20-30(29-14-10-13-28(19-29)27-11-8-7-9-12-27)21-33(25(3)4)34(32)22-35(38)36-41(39,40)31-17-15-26(16-18-31)23-37(5)6/h7-21,24-25H,22-23H2,1-6H3,(H,36,38). The second-order valence-electron chi connectivity index (χ2n) is 11.5. The van der Waals surface area contributed by atoms with Gasteiger partial charge in [0.05, 0.1) is 11.3 Å². The highest BCUT2D eigenvalue weighted by Gasteiger charge is 2.23. The summed E-state index contributed by atoms with van der Waals surface area (Å²) in [7, 11) is -0.0776. The SMILES string of the molecule is CC(C)c1cc(-c2cccc(-c3ccccc3)c2)cc(C(C)C)c1CC(=O)NS(=O)(=O)c1ccc(CN(C)C)cc1. The molecular formula is C35H40N2O3S. The minimum atomic E-state index is -3.99. The molecule has 0 spiro atoms. The predicted molar refractivity (Wildman–Crippen MR) is 168 cm³/mol. The van der Waals surface area contributed by atoms with E-state index in [0.29, 0.717) is 6.54 Å². The molecule has 5 nitrogen and oxygen atoms in total. The van der Waals surface area contributed by atoms with Crippen LogP contribution in [0.5, 0.6) is 0 Å². The van der Waals surface area contributed by atoms with Gasteiger partial charge >= 0.3 is 0 Å². The molecule has 0 saturated heterocycles. The maximum atomic E-state index is 13.2. The Morgan fingerprint density at radius 2 is 1.24 bits per heavy atom. The van der Waals surface area contributed by atoms with Gasteiger partial charge in [0.1, 0.15) is 0 Å². The fraction of sp³-hybridized carbons (Fsp3) is 0.286. The summed E-state index contributed by atoms with van der Waals surface area (Å²) in [4.78, 5) is 15.3. The molecule has 41 heavy (non-hydrogen) atoms. The van der Waals surface area contributed by atoms with Crippen LogP contribution in [0.3, 0.4) is 0 Å². The minimum absolute atomic E-state index is 0.0106. The van der Waals surface area contributed by atoms with Crippen molar-refractivity contribution in [3.63, 3.8) is 0 Å². The van der Waals surface area contributed by atoms with Gasteiger partial charge in [-0.15, -0.1) is 0 Å². The molecule has 0 aliphatic rings. The van der Waals surface area contributed by atoms with Gasteiger partial charge in [0.25, 0.3) is 10.0 Å². The van der Waals surface area contributed by atoms with Crippen molar-refractivity contribution in [2.24, 2.45) is 0 Å². The van der Waals surface area contributed by atoms with Crippen LogP contribution in [0.1, 0.15) is 61.8 Å². The third kappa shape index (κ3) is 7.51. The average molecular weight is 569 g/mol. The molecule has 0 aliphatic carbocycles. The molecule has 0 bridgehead atoms. The van der Waals surface area contributed by atoms with E-state index in [1.165, 1.54) is 0 Å². The van der Waals surface area contributed by atoms with Crippen LogP contribution in [0.25, 0.3) is 22.3 Å². The zero-order valence-electron chi connectivity index (χ0n) is 24.8. The minimum Gasteiger partial charge on any atom is -0.305 e. The number of carbonyl (C=O) groups is 1. The molecule has 0 aromatic heterocycles. The van der Waals surface area contributed by atoms with Gasteiger partial charge < -0.3 is 4.90 Å². The largest absolute Gasteiger partial charge is 0.305 e. The summed E-state index contributed by atoms with van der Waals surface area (Å²) in [6, 6.07) is 29.7. The lowest BCUT2D eigenvalue weighted by Crippen LogP contribution is -2.32. The maximum absolute atomic E-state index is 13.2. The fourth-order valence-electron chi connectivity index (χ4n) is 5.17. The molecule has 1 N–H and O–H groups in total. The quantitative estimate of drug-likeness (QED) is 0.217. The summed E-state index contributed by atoms with van der Waals surface area (Å²) in [5, 5.41) is 0. The van der Waals surface area contributed by atoms with Crippen molar-refractivity contribution in [3.8, 4) is 22.3 Å². The Morgan fingerprint density at radius 3 is 1.78 bits per heavy atom. The summed E-state index contributed by atoms with van der Waals surface area (Å²) in [5.74, 6) is -0.244. The van der Waals surface area contributed by atoms with Gasteiger partial charge in [-0.1, -0.05) is 100 Å². The van der Waals surface area contributed by atoms with E-state index in [1.54, 1.807) is 24.3 Å². The molecule has 214 valence electrons. The highest BCUT2D eigenvalue weighted by Crippen LogP contribution is 2.35. The van der Waals surface area contributed by atoms with Crippen LogP contribution < -0.4 is 4.72 Å². The first-order valence-electron chi connectivity index (χ1n) is 14.1. The number of sulfonamides is 1. The summed E-state index contributed by atoms with van der Waals surface area (Å²) < 4.78 is 28.4. The van der Waals surface area contributed by atoms with Crippen LogP contribution in [0.2, 0.25) is 0 Å². The molecule has 0 atom stereocenters. The van der Waals surface area contributed by atoms with Gasteiger partial charge in [-0.3, -0.25) is 4.79 Å². The first kappa shape index (κ1) is 30.2. The van der Waals surface area contributed by atoms with Crippen molar-refractivity contribution in [2.45, 2.75) is 57.4 Å². The summed E-state index contributed by atoms with van der Waals surface area (Å²) >= 11 is 0. The number of carbonyl (C=O) groups excluding carboxylic acids is 1. The van der Waals surface area contributed by atoms with Crippen LogP contribution in [-0.2, 0) is 27.8 Å². The molecule has 4 aromatic rings. The van der Waals surface area contributed by atoms with E-state index >= 15 is 0 Å². The summed E-state index contributed by atoms with van der Waals surface area (Å²) in [5.41, 5.74) is 8.49. The average Bonchev–Trinajstić information content (AvgIpc) is 2.93. The molecule has 1 amide bonds. The summed E-state index contributed by atoms with van der Waals surface area (Å²) in [6.45, 7) is 9.14. The Kier molecular flexibility index (Phi) is 9.46. The first-order valence-corrected chi connectivity index (χ1v) is 15.5. The van der Waals surface area contributed by atoms with Gasteiger partial charge in [0, 0.05) is 6.54 Å². The second kappa shape index (κ2) is 12.8. The molecule has 0 radical (unpaired) electrons. The summed E-state index contributed by atoms with van der Waals surface area (Å²) in [6.07, 6.45) is -0.0106. The Morgan fingerprint density at radius 1 is 0.707 bits per heavy atom. The van der Waals surface area contributed by atoms with Crippen molar-refractivity contribution >= 4 is 15.9 Å². The Labute approximate surface area is 245 Å². The molecule has 4 aromatic carbocycles. The predicted octanol–water partition coefficient (Wildman–Crippen LogP) is 7.38. The van der Waals surface area contributed by atoms with Gasteiger partial charge in [0.2, 0.25) is 5.91 Å². The third-order valence-electron chi connectivity index (χ3n) is 7.18. The Balaban J connectivity index is 1.65. The molecule has 4 rings (SSSR count). The molecule has 0 unspecified atom stereocenters. The fourth-order valence-corrected chi connectivity index (χ4v) is 6.16. The molecule has 0 fully saturated rings. The number of nitrogens with one attached hydrogen (secondary N) is 1. The Hall–Kier alpha value is -3.74. The highest BCUT2D eigenvalue weighted by atomic mass is 32.2. The zero-order valence-corrected chi connectivity index (χ0v) is 25.6. The van der Waals surface area contributed by atoms with Gasteiger partial charge in [0.15, 0.2) is 0 Å². The van der Waals surface area contributed by atoms with E-state index in [0.717, 1.165) is 44.5 Å². The molecule has 6 heteroatoms. The lowest BCUT2D eigenvalue weighted by atomic mass is 9.83. The third-order valence-corrected chi connectivity index (χ3v) is 8.57. The number of rotatable bonds is 10. The van der Waals surface area contributed by atoms with E-state index in [-0.39, 0.29) is 23.2 Å². The molecular weight excluding hydrogens is 528 g/mol. The topological polar surface area (TPSA) is 66.5 Å². The number of hydrogen-bond acceptors (Lipinski definition) is 4. The van der Waals surface area contributed by atoms with E-state index in [2.05, 4.69) is 80.9 Å². The lowest BCUT2D eigenvalue weighted by molar-refractivity contribution is -0.118. The van der Waals surface area contributed by atoms with Crippen molar-refractivity contribution < 1.29 is 13.2 Å². The van der Waals surface area contributed by atoms with Crippen LogP contribution in [0.4, 0.5) is 0 Å². The van der Waals surface area contributed by atoms with Crippen molar-refractivity contribution in [1.29, 1.82) is 0 Å². The lowest BCUT2D eigenvalue weighted by Gasteiger charge is -2.22. The van der Waals surface area contributed by atoms with Gasteiger partial charge in [-0.25, -0.2) is 13.1 Å². The molecule has 0 heterocycles. The normalized spacial score (nSPS) is 11.8. The molecule has 0 saturated carbocycles. The number of hydrogen-bond donors (Lipinski definition) is 1. The number of amides is 1. The van der Waals surface area contributed by atoms with E-state index in [4.69, 9.17) is 0 Å². The molecule has 0 aliphatic heterocycles. The van der Waals surface area contributed by atoms with E-state index in [9.17, 15) is 13.2 Å². The van der Waals surface area contributed by atoms with Crippen LogP contribution in [0, 0.1) is 0 Å². The Bertz CT molecular complexity index is 1580. The monoisotopic (exact) mass is 568 g/mol. The van der Waals surface area contributed by atoms with Crippen molar-refractivity contribution in [1.82, 2.24) is 9.62 Å². The zero-order chi connectivity index (χ0) is 29.7. The van der Waals surface area contributed by atoms with Crippen molar-refractivity contribution in [2.75, 3.05) is 14.1 Å². The smallest absolute Gasteiger partial charge is 0.264 e. The van der Waals surface area contributed by atoms with E-state index in [1.807, 2.05) is 37.2 Å². The van der Waals surface area contributed by atoms with Gasteiger partial charge in [-0.05, 0) is 88.6 Å². The highest BCUT2D eigenvalue weighted by molar-refractivity contribution is 7.90. The number of benzene rings is 4.